The van der Waals surface area contributed by atoms with Gasteiger partial charge in [-0.1, -0.05) is 12.1 Å². The quantitative estimate of drug-likeness (QED) is 0.389. The molecular formula is C5H11NO. The fraction of sp³-hybridized carbons (Fsp3) is 0.800. The Balaban J connectivity index is 2.78. The smallest absolute Gasteiger partial charge is 0.114 e. The summed E-state index contributed by atoms with van der Waals surface area (Å²) < 4.78 is 0. The summed E-state index contributed by atoms with van der Waals surface area (Å²) in [6, 6.07) is 0. The van der Waals surface area contributed by atoms with Crippen LogP contribution in [0.4, 0.5) is 0 Å². The van der Waals surface area contributed by atoms with Crippen molar-refractivity contribution in [3.63, 3.8) is 0 Å². The molecule has 0 aromatic heterocycles. The normalized spacial score (nSPS) is 10.0. The van der Waals surface area contributed by atoms with Crippen LogP contribution in [0.3, 0.4) is 0 Å². The molecule has 0 atom stereocenters. The van der Waals surface area contributed by atoms with E-state index in [0.29, 0.717) is 6.61 Å². The molecule has 0 N–H and O–H groups in total. The summed E-state index contributed by atoms with van der Waals surface area (Å²) in [4.78, 5) is 4.64. The molecule has 0 spiro atoms. The van der Waals surface area contributed by atoms with Crippen molar-refractivity contribution in [1.82, 2.24) is 0 Å². The number of oxime groups is 1. The van der Waals surface area contributed by atoms with Gasteiger partial charge in [-0.15, -0.1) is 0 Å². The Hall–Kier alpha value is -0.530. The SMILES string of the molecule is CC/C=N\OCC. The first-order valence-corrected chi connectivity index (χ1v) is 2.55. The highest BCUT2D eigenvalue weighted by molar-refractivity contribution is 5.55. The van der Waals surface area contributed by atoms with Gasteiger partial charge in [0.15, 0.2) is 0 Å². The first kappa shape index (κ1) is 6.47. The molecule has 7 heavy (non-hydrogen) atoms. The Morgan fingerprint density at radius 2 is 2.29 bits per heavy atom. The number of hydrogen-bond acceptors (Lipinski definition) is 2. The predicted molar refractivity (Wildman–Crippen MR) is 30.4 cm³/mol. The molecule has 2 heteroatoms. The van der Waals surface area contributed by atoms with E-state index in [2.05, 4.69) is 9.99 Å². The molecule has 0 radical (unpaired) electrons. The summed E-state index contributed by atoms with van der Waals surface area (Å²) in [6.45, 7) is 4.59. The highest BCUT2D eigenvalue weighted by Gasteiger charge is 1.65. The van der Waals surface area contributed by atoms with Crippen molar-refractivity contribution in [3.05, 3.63) is 0 Å². The lowest BCUT2D eigenvalue weighted by Crippen LogP contribution is -1.78. The maximum atomic E-state index is 4.64. The molecule has 0 aromatic carbocycles. The molecule has 0 rings (SSSR count). The van der Waals surface area contributed by atoms with Crippen LogP contribution in [-0.4, -0.2) is 12.8 Å². The average Bonchev–Trinajstić information content (AvgIpc) is 1.69. The second-order valence-electron chi connectivity index (χ2n) is 1.11. The van der Waals surface area contributed by atoms with Crippen molar-refractivity contribution in [2.75, 3.05) is 6.61 Å². The van der Waals surface area contributed by atoms with Gasteiger partial charge in [0.2, 0.25) is 0 Å². The maximum absolute atomic E-state index is 4.64. The molecule has 0 aliphatic rings. The summed E-state index contributed by atoms with van der Waals surface area (Å²) in [5, 5.41) is 3.58. The maximum Gasteiger partial charge on any atom is 0.114 e. The summed E-state index contributed by atoms with van der Waals surface area (Å²) >= 11 is 0. The van der Waals surface area contributed by atoms with Gasteiger partial charge in [-0.2, -0.15) is 0 Å². The van der Waals surface area contributed by atoms with Crippen LogP contribution in [0.15, 0.2) is 5.16 Å². The van der Waals surface area contributed by atoms with Crippen LogP contribution < -0.4 is 0 Å². The summed E-state index contributed by atoms with van der Waals surface area (Å²) in [7, 11) is 0. The lowest BCUT2D eigenvalue weighted by Gasteiger charge is -1.86. The zero-order valence-electron chi connectivity index (χ0n) is 4.85. The van der Waals surface area contributed by atoms with Crippen molar-refractivity contribution in [2.24, 2.45) is 5.16 Å². The number of hydrogen-bond donors (Lipinski definition) is 0. The van der Waals surface area contributed by atoms with E-state index in [9.17, 15) is 0 Å². The average molecular weight is 101 g/mol. The van der Waals surface area contributed by atoms with Crippen molar-refractivity contribution in [2.45, 2.75) is 20.3 Å². The van der Waals surface area contributed by atoms with E-state index in [4.69, 9.17) is 0 Å². The molecule has 0 aromatic rings. The van der Waals surface area contributed by atoms with Gasteiger partial charge in [-0.25, -0.2) is 0 Å². The highest BCUT2D eigenvalue weighted by Crippen LogP contribution is 1.72. The summed E-state index contributed by atoms with van der Waals surface area (Å²) in [5.74, 6) is 0. The van der Waals surface area contributed by atoms with Crippen molar-refractivity contribution in [3.8, 4) is 0 Å². The van der Waals surface area contributed by atoms with Crippen LogP contribution >= 0.6 is 0 Å². The largest absolute Gasteiger partial charge is 0.396 e. The van der Waals surface area contributed by atoms with Gasteiger partial charge in [-0.05, 0) is 13.3 Å². The zero-order valence-corrected chi connectivity index (χ0v) is 4.85. The van der Waals surface area contributed by atoms with Gasteiger partial charge in [-0.3, -0.25) is 0 Å². The standard InChI is InChI=1S/C5H11NO/c1-3-5-6-7-4-2/h5H,3-4H2,1-2H3/b6-5-. The highest BCUT2D eigenvalue weighted by atomic mass is 16.6. The van der Waals surface area contributed by atoms with E-state index < -0.39 is 0 Å². The summed E-state index contributed by atoms with van der Waals surface area (Å²) in [5.41, 5.74) is 0. The van der Waals surface area contributed by atoms with Gasteiger partial charge in [0.25, 0.3) is 0 Å². The Bertz CT molecular complexity index is 52.0. The van der Waals surface area contributed by atoms with Gasteiger partial charge in [0.1, 0.15) is 6.61 Å². The molecule has 0 aliphatic heterocycles. The first-order valence-electron chi connectivity index (χ1n) is 2.55. The first-order chi connectivity index (χ1) is 3.41. The van der Waals surface area contributed by atoms with E-state index in [-0.39, 0.29) is 0 Å². The van der Waals surface area contributed by atoms with E-state index in [0.717, 1.165) is 6.42 Å². The molecule has 0 saturated heterocycles. The number of rotatable bonds is 3. The van der Waals surface area contributed by atoms with E-state index in [1.807, 2.05) is 13.8 Å². The second kappa shape index (κ2) is 5.47. The third kappa shape index (κ3) is 5.47. The van der Waals surface area contributed by atoms with Gasteiger partial charge < -0.3 is 4.84 Å². The molecule has 0 fully saturated rings. The van der Waals surface area contributed by atoms with E-state index in [1.54, 1.807) is 6.21 Å². The topological polar surface area (TPSA) is 21.6 Å². The number of nitrogens with zero attached hydrogens (tertiary/aromatic N) is 1. The Kier molecular flexibility index (Phi) is 5.06. The molecular weight excluding hydrogens is 90.1 g/mol. The fourth-order valence-corrected chi connectivity index (χ4v) is 0.202. The van der Waals surface area contributed by atoms with Crippen LogP contribution in [-0.2, 0) is 4.84 Å². The van der Waals surface area contributed by atoms with Gasteiger partial charge >= 0.3 is 0 Å². The van der Waals surface area contributed by atoms with Crippen molar-refractivity contribution in [1.29, 1.82) is 0 Å². The van der Waals surface area contributed by atoms with Crippen LogP contribution in [0.5, 0.6) is 0 Å². The zero-order chi connectivity index (χ0) is 5.54. The molecule has 0 heterocycles. The second-order valence-corrected chi connectivity index (χ2v) is 1.11. The van der Waals surface area contributed by atoms with Crippen LogP contribution in [0.2, 0.25) is 0 Å². The third-order valence-electron chi connectivity index (χ3n) is 0.461. The molecule has 0 amide bonds. The molecule has 0 saturated carbocycles. The van der Waals surface area contributed by atoms with Crippen LogP contribution in [0, 0.1) is 0 Å². The molecule has 0 aliphatic carbocycles. The minimum Gasteiger partial charge on any atom is -0.396 e. The summed E-state index contributed by atoms with van der Waals surface area (Å²) in [6.07, 6.45) is 2.68. The molecule has 0 bridgehead atoms. The monoisotopic (exact) mass is 101 g/mol. The molecule has 2 nitrogen and oxygen atoms in total. The minimum atomic E-state index is 0.663. The van der Waals surface area contributed by atoms with Gasteiger partial charge in [0, 0.05) is 6.21 Å². The fourth-order valence-electron chi connectivity index (χ4n) is 0.202. The van der Waals surface area contributed by atoms with E-state index >= 15 is 0 Å². The predicted octanol–water partition coefficient (Wildman–Crippen LogP) is 1.42. The minimum absolute atomic E-state index is 0.663. The van der Waals surface area contributed by atoms with Crippen LogP contribution in [0.1, 0.15) is 20.3 Å². The Morgan fingerprint density at radius 1 is 1.57 bits per heavy atom. The molecule has 42 valence electrons. The van der Waals surface area contributed by atoms with Crippen molar-refractivity contribution < 1.29 is 4.84 Å². The van der Waals surface area contributed by atoms with Crippen LogP contribution in [0.25, 0.3) is 0 Å². The van der Waals surface area contributed by atoms with Crippen molar-refractivity contribution >= 4 is 6.21 Å². The third-order valence-corrected chi connectivity index (χ3v) is 0.461. The lowest BCUT2D eigenvalue weighted by molar-refractivity contribution is 0.160. The van der Waals surface area contributed by atoms with E-state index in [1.165, 1.54) is 0 Å². The lowest BCUT2D eigenvalue weighted by atomic mass is 10.6. The molecule has 0 unspecified atom stereocenters. The van der Waals surface area contributed by atoms with Gasteiger partial charge in [0.05, 0.1) is 0 Å². The Labute approximate surface area is 44.2 Å². The Morgan fingerprint density at radius 3 is 2.71 bits per heavy atom.